The third-order valence-electron chi connectivity index (χ3n) is 5.91. The van der Waals surface area contributed by atoms with Crippen LogP contribution in [0.4, 0.5) is 4.39 Å². The van der Waals surface area contributed by atoms with Crippen molar-refractivity contribution in [2.75, 3.05) is 26.2 Å². The molecule has 0 unspecified atom stereocenters. The van der Waals surface area contributed by atoms with Gasteiger partial charge in [0.2, 0.25) is 11.8 Å². The van der Waals surface area contributed by atoms with Gasteiger partial charge in [0.25, 0.3) is 0 Å². The lowest BCUT2D eigenvalue weighted by Gasteiger charge is -2.34. The van der Waals surface area contributed by atoms with Crippen LogP contribution in [0.3, 0.4) is 0 Å². The molecule has 134 valence electrons. The van der Waals surface area contributed by atoms with Gasteiger partial charge in [-0.25, -0.2) is 4.39 Å². The van der Waals surface area contributed by atoms with E-state index in [2.05, 4.69) is 0 Å². The smallest absolute Gasteiger partial charge is 0.227 e. The highest BCUT2D eigenvalue weighted by Gasteiger charge is 2.46. The Hall–Kier alpha value is -1.91. The monoisotopic (exact) mass is 344 g/mol. The summed E-state index contributed by atoms with van der Waals surface area (Å²) >= 11 is 0. The van der Waals surface area contributed by atoms with Crippen LogP contribution in [0.2, 0.25) is 0 Å². The number of hydrogen-bond donors (Lipinski definition) is 0. The van der Waals surface area contributed by atoms with Gasteiger partial charge in [-0.15, -0.1) is 0 Å². The van der Waals surface area contributed by atoms with Crippen molar-refractivity contribution in [2.45, 2.75) is 38.0 Å². The van der Waals surface area contributed by atoms with E-state index in [1.807, 2.05) is 9.80 Å². The van der Waals surface area contributed by atoms with Gasteiger partial charge in [-0.1, -0.05) is 12.1 Å². The number of amides is 2. The Morgan fingerprint density at radius 1 is 0.920 bits per heavy atom. The fraction of sp³-hybridized carbons (Fsp3) is 0.600. The summed E-state index contributed by atoms with van der Waals surface area (Å²) < 4.78 is 13.1. The highest BCUT2D eigenvalue weighted by atomic mass is 19.1. The van der Waals surface area contributed by atoms with Gasteiger partial charge >= 0.3 is 0 Å². The van der Waals surface area contributed by atoms with Crippen LogP contribution in [0.15, 0.2) is 24.3 Å². The molecule has 2 heterocycles. The predicted molar refractivity (Wildman–Crippen MR) is 92.4 cm³/mol. The molecule has 3 atom stereocenters. The second kappa shape index (κ2) is 6.77. The molecule has 1 aromatic carbocycles. The van der Waals surface area contributed by atoms with Gasteiger partial charge in [0.15, 0.2) is 0 Å². The summed E-state index contributed by atoms with van der Waals surface area (Å²) in [5.41, 5.74) is 1.04. The van der Waals surface area contributed by atoms with Crippen LogP contribution in [0.1, 0.15) is 43.6 Å². The Bertz CT molecular complexity index is 654. The number of rotatable bonds is 3. The molecule has 2 saturated heterocycles. The third kappa shape index (κ3) is 3.42. The van der Waals surface area contributed by atoms with Crippen LogP contribution in [0.25, 0.3) is 0 Å². The minimum atomic E-state index is -0.244. The highest BCUT2D eigenvalue weighted by Crippen LogP contribution is 2.48. The molecule has 4 nitrogen and oxygen atoms in total. The molecule has 3 fully saturated rings. The fourth-order valence-electron chi connectivity index (χ4n) is 4.36. The quantitative estimate of drug-likeness (QED) is 0.846. The molecule has 2 aliphatic heterocycles. The molecular formula is C20H25FN2O2. The molecule has 0 spiro atoms. The van der Waals surface area contributed by atoms with Gasteiger partial charge in [0.1, 0.15) is 5.82 Å². The van der Waals surface area contributed by atoms with E-state index in [0.717, 1.165) is 57.3 Å². The van der Waals surface area contributed by atoms with Crippen LogP contribution in [0.5, 0.6) is 0 Å². The molecule has 0 radical (unpaired) electrons. The zero-order chi connectivity index (χ0) is 17.4. The van der Waals surface area contributed by atoms with Crippen LogP contribution >= 0.6 is 0 Å². The molecule has 1 aromatic rings. The van der Waals surface area contributed by atoms with Gasteiger partial charge in [0.05, 0.1) is 5.92 Å². The van der Waals surface area contributed by atoms with Crippen molar-refractivity contribution in [2.24, 2.45) is 11.8 Å². The third-order valence-corrected chi connectivity index (χ3v) is 5.91. The second-order valence-electron chi connectivity index (χ2n) is 7.66. The van der Waals surface area contributed by atoms with E-state index in [1.165, 1.54) is 12.1 Å². The SMILES string of the molecule is O=C([C@@H]1CCCN(C(=O)[C@H]2C[C@@H]2c2ccc(F)cc2)C1)N1CCCC1. The van der Waals surface area contributed by atoms with E-state index in [9.17, 15) is 14.0 Å². The Morgan fingerprint density at radius 2 is 1.60 bits per heavy atom. The van der Waals surface area contributed by atoms with Crippen LogP contribution < -0.4 is 0 Å². The lowest BCUT2D eigenvalue weighted by Crippen LogP contribution is -2.46. The van der Waals surface area contributed by atoms with Gasteiger partial charge in [0, 0.05) is 32.1 Å². The lowest BCUT2D eigenvalue weighted by molar-refractivity contribution is -0.140. The van der Waals surface area contributed by atoms with Crippen molar-refractivity contribution in [1.82, 2.24) is 9.80 Å². The molecule has 1 aliphatic carbocycles. The second-order valence-corrected chi connectivity index (χ2v) is 7.66. The number of nitrogens with zero attached hydrogens (tertiary/aromatic N) is 2. The standard InChI is InChI=1S/C20H25FN2O2/c21-16-7-5-14(6-8-16)17-12-18(17)20(25)23-11-3-4-15(13-23)19(24)22-9-1-2-10-22/h5-8,15,17-18H,1-4,9-13H2/t15-,17-,18+/m1/s1. The average Bonchev–Trinajstić information content (AvgIpc) is 3.25. The van der Waals surface area contributed by atoms with Crippen molar-refractivity contribution in [3.63, 3.8) is 0 Å². The number of carbonyl (C=O) groups excluding carboxylic acids is 2. The maximum atomic E-state index is 13.1. The minimum Gasteiger partial charge on any atom is -0.342 e. The molecule has 5 heteroatoms. The van der Waals surface area contributed by atoms with E-state index in [-0.39, 0.29) is 35.4 Å². The zero-order valence-corrected chi connectivity index (χ0v) is 14.5. The van der Waals surface area contributed by atoms with Crippen LogP contribution in [-0.4, -0.2) is 47.8 Å². The minimum absolute atomic E-state index is 0.00565. The first-order valence-corrected chi connectivity index (χ1v) is 9.46. The van der Waals surface area contributed by atoms with Gasteiger partial charge in [-0.3, -0.25) is 9.59 Å². The van der Waals surface area contributed by atoms with Crippen molar-refractivity contribution >= 4 is 11.8 Å². The molecule has 0 bridgehead atoms. The number of likely N-dealkylation sites (tertiary alicyclic amines) is 2. The lowest BCUT2D eigenvalue weighted by atomic mass is 9.96. The highest BCUT2D eigenvalue weighted by molar-refractivity contribution is 5.85. The topological polar surface area (TPSA) is 40.6 Å². The summed E-state index contributed by atoms with van der Waals surface area (Å²) in [5, 5.41) is 0. The van der Waals surface area contributed by atoms with Crippen LogP contribution in [0, 0.1) is 17.7 Å². The number of halogens is 1. The van der Waals surface area contributed by atoms with Gasteiger partial charge < -0.3 is 9.80 Å². The predicted octanol–water partition coefficient (Wildman–Crippen LogP) is 2.79. The van der Waals surface area contributed by atoms with Gasteiger partial charge in [-0.05, 0) is 55.7 Å². The molecule has 0 N–H and O–H groups in total. The Labute approximate surface area is 148 Å². The van der Waals surface area contributed by atoms with Crippen molar-refractivity contribution in [3.8, 4) is 0 Å². The maximum absolute atomic E-state index is 13.1. The molecule has 2 amide bonds. The largest absolute Gasteiger partial charge is 0.342 e. The number of piperidine rings is 1. The number of benzene rings is 1. The Kier molecular flexibility index (Phi) is 4.48. The van der Waals surface area contributed by atoms with Crippen molar-refractivity contribution < 1.29 is 14.0 Å². The van der Waals surface area contributed by atoms with E-state index in [4.69, 9.17) is 0 Å². The first-order chi connectivity index (χ1) is 12.1. The van der Waals surface area contributed by atoms with Gasteiger partial charge in [-0.2, -0.15) is 0 Å². The molecule has 25 heavy (non-hydrogen) atoms. The maximum Gasteiger partial charge on any atom is 0.227 e. The van der Waals surface area contributed by atoms with E-state index < -0.39 is 0 Å². The van der Waals surface area contributed by atoms with Crippen molar-refractivity contribution in [3.05, 3.63) is 35.6 Å². The molecule has 4 rings (SSSR count). The summed E-state index contributed by atoms with van der Waals surface area (Å²) in [6.45, 7) is 3.08. The van der Waals surface area contributed by atoms with Crippen LogP contribution in [-0.2, 0) is 9.59 Å². The zero-order valence-electron chi connectivity index (χ0n) is 14.5. The summed E-state index contributed by atoms with van der Waals surface area (Å²) in [5.74, 6) is 0.355. The van der Waals surface area contributed by atoms with E-state index in [1.54, 1.807) is 12.1 Å². The van der Waals surface area contributed by atoms with E-state index >= 15 is 0 Å². The summed E-state index contributed by atoms with van der Waals surface area (Å²) in [6, 6.07) is 6.48. The van der Waals surface area contributed by atoms with Crippen molar-refractivity contribution in [1.29, 1.82) is 0 Å². The molecule has 3 aliphatic rings. The van der Waals surface area contributed by atoms with E-state index in [0.29, 0.717) is 6.54 Å². The molecule has 0 aromatic heterocycles. The Balaban J connectivity index is 1.36. The number of carbonyl (C=O) groups is 2. The average molecular weight is 344 g/mol. The summed E-state index contributed by atoms with van der Waals surface area (Å²) in [7, 11) is 0. The first kappa shape index (κ1) is 16.6. The summed E-state index contributed by atoms with van der Waals surface area (Å²) in [6.07, 6.45) is 4.84. The molecule has 1 saturated carbocycles. The normalized spacial score (nSPS) is 28.9. The first-order valence-electron chi connectivity index (χ1n) is 9.46. The Morgan fingerprint density at radius 3 is 2.32 bits per heavy atom. The fourth-order valence-corrected chi connectivity index (χ4v) is 4.36. The molecular weight excluding hydrogens is 319 g/mol. The summed E-state index contributed by atoms with van der Waals surface area (Å²) in [4.78, 5) is 29.3. The number of hydrogen-bond acceptors (Lipinski definition) is 2.